The predicted molar refractivity (Wildman–Crippen MR) is 59.6 cm³/mol. The van der Waals surface area contributed by atoms with Crippen LogP contribution >= 0.6 is 0 Å². The predicted octanol–water partition coefficient (Wildman–Crippen LogP) is 2.56. The van der Waals surface area contributed by atoms with Crippen LogP contribution in [0.1, 0.15) is 31.0 Å². The molecule has 0 bridgehead atoms. The van der Waals surface area contributed by atoms with Gasteiger partial charge in [0, 0.05) is 17.7 Å². The van der Waals surface area contributed by atoms with E-state index in [2.05, 4.69) is 0 Å². The Hall–Kier alpha value is -1.42. The highest BCUT2D eigenvalue weighted by Gasteiger charge is 2.18. The Morgan fingerprint density at radius 1 is 1.40 bits per heavy atom. The van der Waals surface area contributed by atoms with Crippen molar-refractivity contribution in [1.29, 1.82) is 0 Å². The molecule has 0 aromatic heterocycles. The molecule has 82 valence electrons. The summed E-state index contributed by atoms with van der Waals surface area (Å²) in [6.45, 7) is 5.75. The highest BCUT2D eigenvalue weighted by Crippen LogP contribution is 2.28. The molecule has 1 aromatic rings. The first-order chi connectivity index (χ1) is 6.95. The third-order valence-electron chi connectivity index (χ3n) is 2.62. The number of nitrogens with two attached hydrogens (primary N) is 1. The van der Waals surface area contributed by atoms with Crippen molar-refractivity contribution >= 4 is 5.69 Å². The number of hydrogen-bond acceptors (Lipinski definition) is 3. The first kappa shape index (κ1) is 11.7. The quantitative estimate of drug-likeness (QED) is 0.613. The van der Waals surface area contributed by atoms with Crippen LogP contribution in [0.15, 0.2) is 18.2 Å². The Morgan fingerprint density at radius 2 is 2.00 bits per heavy atom. The third-order valence-corrected chi connectivity index (χ3v) is 2.62. The zero-order valence-electron chi connectivity index (χ0n) is 9.23. The van der Waals surface area contributed by atoms with Gasteiger partial charge in [-0.25, -0.2) is 0 Å². The van der Waals surface area contributed by atoms with Crippen LogP contribution < -0.4 is 5.73 Å². The minimum absolute atomic E-state index is 0.142. The average molecular weight is 208 g/mol. The lowest BCUT2D eigenvalue weighted by molar-refractivity contribution is -0.385. The van der Waals surface area contributed by atoms with E-state index in [0.29, 0.717) is 5.56 Å². The molecular weight excluding hydrogens is 192 g/mol. The van der Waals surface area contributed by atoms with Gasteiger partial charge in [0.05, 0.1) is 4.92 Å². The first-order valence-electron chi connectivity index (χ1n) is 4.94. The summed E-state index contributed by atoms with van der Waals surface area (Å²) >= 11 is 0. The van der Waals surface area contributed by atoms with E-state index in [-0.39, 0.29) is 22.6 Å². The maximum Gasteiger partial charge on any atom is 0.272 e. The van der Waals surface area contributed by atoms with Gasteiger partial charge in [0.1, 0.15) is 0 Å². The van der Waals surface area contributed by atoms with Crippen LogP contribution in [0.3, 0.4) is 0 Å². The standard InChI is InChI=1S/C11H16N2O2/c1-7(2)11(12)9-5-4-6-10(8(9)3)13(14)15/h4-7,11H,12H2,1-3H3/t11-/m1/s1. The minimum atomic E-state index is -0.369. The molecule has 0 unspecified atom stereocenters. The number of nitrogens with zero attached hydrogens (tertiary/aromatic N) is 1. The van der Waals surface area contributed by atoms with E-state index in [0.717, 1.165) is 5.56 Å². The minimum Gasteiger partial charge on any atom is -0.324 e. The van der Waals surface area contributed by atoms with Gasteiger partial charge in [-0.2, -0.15) is 0 Å². The molecule has 0 amide bonds. The van der Waals surface area contributed by atoms with Crippen LogP contribution in [0.25, 0.3) is 0 Å². The van der Waals surface area contributed by atoms with Crippen LogP contribution in [0, 0.1) is 23.0 Å². The number of nitro groups is 1. The highest BCUT2D eigenvalue weighted by molar-refractivity contribution is 5.45. The molecule has 0 fully saturated rings. The molecule has 0 heterocycles. The van der Waals surface area contributed by atoms with E-state index in [4.69, 9.17) is 5.73 Å². The van der Waals surface area contributed by atoms with Gasteiger partial charge in [-0.1, -0.05) is 26.0 Å². The summed E-state index contributed by atoms with van der Waals surface area (Å²) in [5, 5.41) is 10.7. The molecule has 15 heavy (non-hydrogen) atoms. The normalized spacial score (nSPS) is 12.9. The summed E-state index contributed by atoms with van der Waals surface area (Å²) in [4.78, 5) is 10.4. The summed E-state index contributed by atoms with van der Waals surface area (Å²) < 4.78 is 0. The lowest BCUT2D eigenvalue weighted by Crippen LogP contribution is -2.18. The van der Waals surface area contributed by atoms with Crippen LogP contribution in [-0.2, 0) is 0 Å². The topological polar surface area (TPSA) is 69.2 Å². The smallest absolute Gasteiger partial charge is 0.272 e. The molecule has 0 aliphatic carbocycles. The first-order valence-corrected chi connectivity index (χ1v) is 4.94. The Balaban J connectivity index is 3.21. The molecule has 1 aromatic carbocycles. The molecule has 0 aliphatic rings. The lowest BCUT2D eigenvalue weighted by atomic mass is 9.93. The fourth-order valence-corrected chi connectivity index (χ4v) is 1.56. The second kappa shape index (κ2) is 4.40. The molecule has 1 atom stereocenters. The summed E-state index contributed by atoms with van der Waals surface area (Å²) in [6, 6.07) is 4.89. The van der Waals surface area contributed by atoms with Crippen molar-refractivity contribution in [3.8, 4) is 0 Å². The lowest BCUT2D eigenvalue weighted by Gasteiger charge is -2.17. The fourth-order valence-electron chi connectivity index (χ4n) is 1.56. The van der Waals surface area contributed by atoms with Gasteiger partial charge in [-0.3, -0.25) is 10.1 Å². The molecule has 0 saturated heterocycles. The van der Waals surface area contributed by atoms with E-state index >= 15 is 0 Å². The van der Waals surface area contributed by atoms with Gasteiger partial charge in [0.2, 0.25) is 0 Å². The van der Waals surface area contributed by atoms with Gasteiger partial charge in [-0.15, -0.1) is 0 Å². The van der Waals surface area contributed by atoms with Crippen LogP contribution in [-0.4, -0.2) is 4.92 Å². The summed E-state index contributed by atoms with van der Waals surface area (Å²) in [7, 11) is 0. The van der Waals surface area contributed by atoms with Crippen molar-refractivity contribution in [1.82, 2.24) is 0 Å². The number of benzene rings is 1. The summed E-state index contributed by atoms with van der Waals surface area (Å²) in [5.41, 5.74) is 7.66. The molecule has 0 aliphatic heterocycles. The highest BCUT2D eigenvalue weighted by atomic mass is 16.6. The molecule has 1 rings (SSSR count). The van der Waals surface area contributed by atoms with Gasteiger partial charge >= 0.3 is 0 Å². The van der Waals surface area contributed by atoms with Crippen LogP contribution in [0.2, 0.25) is 0 Å². The van der Waals surface area contributed by atoms with Crippen LogP contribution in [0.5, 0.6) is 0 Å². The molecule has 4 heteroatoms. The molecule has 4 nitrogen and oxygen atoms in total. The zero-order chi connectivity index (χ0) is 11.6. The van der Waals surface area contributed by atoms with Gasteiger partial charge in [0.25, 0.3) is 5.69 Å². The van der Waals surface area contributed by atoms with E-state index in [1.807, 2.05) is 19.9 Å². The van der Waals surface area contributed by atoms with Crippen LogP contribution in [0.4, 0.5) is 5.69 Å². The fraction of sp³-hybridized carbons (Fsp3) is 0.455. The van der Waals surface area contributed by atoms with Crippen molar-refractivity contribution in [3.63, 3.8) is 0 Å². The second-order valence-corrected chi connectivity index (χ2v) is 4.02. The number of hydrogen-bond donors (Lipinski definition) is 1. The van der Waals surface area contributed by atoms with E-state index in [9.17, 15) is 10.1 Å². The maximum atomic E-state index is 10.7. The molecular formula is C11H16N2O2. The maximum absolute atomic E-state index is 10.7. The zero-order valence-corrected chi connectivity index (χ0v) is 9.23. The van der Waals surface area contributed by atoms with Gasteiger partial charge in [0.15, 0.2) is 0 Å². The van der Waals surface area contributed by atoms with Crippen molar-refractivity contribution in [2.45, 2.75) is 26.8 Å². The Kier molecular flexibility index (Phi) is 3.42. The summed E-state index contributed by atoms with van der Waals surface area (Å²) in [6.07, 6.45) is 0. The van der Waals surface area contributed by atoms with Crippen molar-refractivity contribution in [3.05, 3.63) is 39.4 Å². The monoisotopic (exact) mass is 208 g/mol. The molecule has 0 saturated carbocycles. The Bertz CT molecular complexity index is 375. The van der Waals surface area contributed by atoms with Gasteiger partial charge < -0.3 is 5.73 Å². The van der Waals surface area contributed by atoms with E-state index in [1.165, 1.54) is 6.07 Å². The average Bonchev–Trinajstić information content (AvgIpc) is 2.16. The molecule has 0 radical (unpaired) electrons. The second-order valence-electron chi connectivity index (χ2n) is 4.02. The van der Waals surface area contributed by atoms with Crippen molar-refractivity contribution in [2.24, 2.45) is 11.7 Å². The summed E-state index contributed by atoms with van der Waals surface area (Å²) in [5.74, 6) is 0.269. The molecule has 2 N–H and O–H groups in total. The van der Waals surface area contributed by atoms with E-state index in [1.54, 1.807) is 13.0 Å². The Labute approximate surface area is 89.2 Å². The number of nitro benzene ring substituents is 1. The van der Waals surface area contributed by atoms with E-state index < -0.39 is 0 Å². The Morgan fingerprint density at radius 3 is 2.47 bits per heavy atom. The third kappa shape index (κ3) is 2.33. The molecule has 0 spiro atoms. The SMILES string of the molecule is Cc1c([C@H](N)C(C)C)cccc1[N+](=O)[O-]. The van der Waals surface area contributed by atoms with Crippen molar-refractivity contribution in [2.75, 3.05) is 0 Å². The largest absolute Gasteiger partial charge is 0.324 e. The number of rotatable bonds is 3. The van der Waals surface area contributed by atoms with Crippen molar-refractivity contribution < 1.29 is 4.92 Å². The van der Waals surface area contributed by atoms with Gasteiger partial charge in [-0.05, 0) is 18.4 Å².